The third-order valence-electron chi connectivity index (χ3n) is 3.21. The summed E-state index contributed by atoms with van der Waals surface area (Å²) in [5.74, 6) is 0.776. The van der Waals surface area contributed by atoms with Gasteiger partial charge in [-0.2, -0.15) is 5.26 Å². The summed E-state index contributed by atoms with van der Waals surface area (Å²) in [5.41, 5.74) is 3.27. The molecule has 0 atom stereocenters. The number of nitriles is 1. The number of aromatic nitrogens is 3. The maximum atomic E-state index is 9.24. The maximum Gasteiger partial charge on any atom is 0.132 e. The first-order chi connectivity index (χ1) is 9.67. The lowest BCUT2D eigenvalue weighted by Gasteiger charge is -2.11. The van der Waals surface area contributed by atoms with Gasteiger partial charge in [0.05, 0.1) is 12.7 Å². The summed E-state index contributed by atoms with van der Waals surface area (Å²) in [6.45, 7) is 4.08. The zero-order valence-electron chi connectivity index (χ0n) is 11.5. The fraction of sp³-hybridized carbons (Fsp3) is 0.357. The zero-order chi connectivity index (χ0) is 14.5. The van der Waals surface area contributed by atoms with Gasteiger partial charge in [-0.25, -0.2) is 4.68 Å². The third-order valence-corrected chi connectivity index (χ3v) is 3.21. The molecule has 2 rings (SSSR count). The molecule has 0 bridgehead atoms. The minimum Gasteiger partial charge on any atom is -0.487 e. The number of nitrogens with zero attached hydrogens (tertiary/aromatic N) is 4. The molecule has 0 fully saturated rings. The van der Waals surface area contributed by atoms with Gasteiger partial charge in [0, 0.05) is 0 Å². The van der Waals surface area contributed by atoms with Crippen molar-refractivity contribution in [3.8, 4) is 11.8 Å². The Morgan fingerprint density at radius 1 is 1.40 bits per heavy atom. The van der Waals surface area contributed by atoms with E-state index < -0.39 is 0 Å². The molecule has 0 unspecified atom stereocenters. The van der Waals surface area contributed by atoms with Gasteiger partial charge in [-0.15, -0.1) is 5.10 Å². The van der Waals surface area contributed by atoms with Crippen LogP contribution in [0.25, 0.3) is 0 Å². The molecule has 0 saturated heterocycles. The van der Waals surface area contributed by atoms with E-state index in [1.54, 1.807) is 0 Å². The molecular weight excluding hydrogens is 256 g/mol. The largest absolute Gasteiger partial charge is 0.487 e. The van der Waals surface area contributed by atoms with Gasteiger partial charge in [-0.1, -0.05) is 17.3 Å². The minimum atomic E-state index is -0.225. The molecule has 0 aliphatic rings. The Labute approximate surface area is 117 Å². The molecule has 20 heavy (non-hydrogen) atoms. The van der Waals surface area contributed by atoms with E-state index in [1.807, 2.05) is 38.1 Å². The lowest BCUT2D eigenvalue weighted by Crippen LogP contribution is -2.09. The number of aryl methyl sites for hydroxylation is 1. The van der Waals surface area contributed by atoms with Crippen LogP contribution in [0.2, 0.25) is 0 Å². The van der Waals surface area contributed by atoms with Crippen LogP contribution in [0.1, 0.15) is 22.5 Å². The Balaban J connectivity index is 2.20. The third kappa shape index (κ3) is 2.78. The number of ether oxygens (including phenoxy) is 1. The van der Waals surface area contributed by atoms with Gasteiger partial charge in [-0.05, 0) is 31.0 Å². The first kappa shape index (κ1) is 14.0. The van der Waals surface area contributed by atoms with Crippen LogP contribution in [0.3, 0.4) is 0 Å². The predicted molar refractivity (Wildman–Crippen MR) is 71.8 cm³/mol. The molecule has 1 aromatic heterocycles. The monoisotopic (exact) mass is 272 g/mol. The Bertz CT molecular complexity index is 643. The second-order valence-corrected chi connectivity index (χ2v) is 4.44. The summed E-state index contributed by atoms with van der Waals surface area (Å²) in [6, 6.07) is 7.83. The molecule has 104 valence electrons. The van der Waals surface area contributed by atoms with Crippen LogP contribution in [-0.2, 0) is 19.8 Å². The lowest BCUT2D eigenvalue weighted by molar-refractivity contribution is 0.261. The molecule has 6 heteroatoms. The van der Waals surface area contributed by atoms with Crippen molar-refractivity contribution in [3.05, 3.63) is 40.7 Å². The van der Waals surface area contributed by atoms with Crippen molar-refractivity contribution in [2.45, 2.75) is 33.6 Å². The number of rotatable bonds is 5. The summed E-state index contributed by atoms with van der Waals surface area (Å²) >= 11 is 0. The molecule has 0 aliphatic heterocycles. The highest BCUT2D eigenvalue weighted by Crippen LogP contribution is 2.22. The average Bonchev–Trinajstić information content (AvgIpc) is 2.83. The molecule has 2 aromatic rings. The number of aliphatic hydroxyl groups excluding tert-OH is 1. The van der Waals surface area contributed by atoms with Crippen LogP contribution in [0.4, 0.5) is 0 Å². The molecule has 0 radical (unpaired) electrons. The Morgan fingerprint density at radius 3 is 2.90 bits per heavy atom. The summed E-state index contributed by atoms with van der Waals surface area (Å²) in [4.78, 5) is 0. The Kier molecular flexibility index (Phi) is 4.33. The average molecular weight is 272 g/mol. The van der Waals surface area contributed by atoms with Crippen molar-refractivity contribution in [1.29, 1.82) is 5.26 Å². The topological polar surface area (TPSA) is 84.0 Å². The fourth-order valence-corrected chi connectivity index (χ4v) is 1.87. The SMILES string of the molecule is Cc1cccc(OCc2c(CO)nnn2CC#N)c1C. The standard InChI is InChI=1S/C14H16N4O2/c1-10-4-3-5-14(11(10)2)20-9-13-12(8-19)16-17-18(13)7-6-15/h3-5,19H,7-9H2,1-2H3. The molecule has 1 N–H and O–H groups in total. The van der Waals surface area contributed by atoms with E-state index >= 15 is 0 Å². The van der Waals surface area contributed by atoms with Gasteiger partial charge in [0.2, 0.25) is 0 Å². The van der Waals surface area contributed by atoms with Crippen molar-refractivity contribution in [2.24, 2.45) is 0 Å². The summed E-state index contributed by atoms with van der Waals surface area (Å²) in [7, 11) is 0. The van der Waals surface area contributed by atoms with Crippen molar-refractivity contribution in [1.82, 2.24) is 15.0 Å². The Hall–Kier alpha value is -2.39. The maximum absolute atomic E-state index is 9.24. The second kappa shape index (κ2) is 6.17. The van der Waals surface area contributed by atoms with E-state index in [4.69, 9.17) is 10.00 Å². The molecule has 0 amide bonds. The van der Waals surface area contributed by atoms with Crippen LogP contribution >= 0.6 is 0 Å². The number of hydrogen-bond acceptors (Lipinski definition) is 5. The molecule has 0 saturated carbocycles. The normalized spacial score (nSPS) is 10.3. The van der Waals surface area contributed by atoms with Crippen LogP contribution in [0, 0.1) is 25.2 Å². The van der Waals surface area contributed by atoms with Gasteiger partial charge < -0.3 is 9.84 Å². The van der Waals surface area contributed by atoms with Crippen LogP contribution in [0.5, 0.6) is 5.75 Å². The first-order valence-corrected chi connectivity index (χ1v) is 6.25. The van der Waals surface area contributed by atoms with E-state index in [1.165, 1.54) is 4.68 Å². The van der Waals surface area contributed by atoms with Gasteiger partial charge in [0.1, 0.15) is 30.3 Å². The molecule has 6 nitrogen and oxygen atoms in total. The van der Waals surface area contributed by atoms with Gasteiger partial charge in [-0.3, -0.25) is 0 Å². The van der Waals surface area contributed by atoms with E-state index in [0.29, 0.717) is 11.4 Å². The van der Waals surface area contributed by atoms with Crippen molar-refractivity contribution < 1.29 is 9.84 Å². The van der Waals surface area contributed by atoms with Gasteiger partial charge >= 0.3 is 0 Å². The summed E-state index contributed by atoms with van der Waals surface area (Å²) in [5, 5.41) is 25.7. The van der Waals surface area contributed by atoms with E-state index in [2.05, 4.69) is 10.3 Å². The van der Waals surface area contributed by atoms with Crippen LogP contribution < -0.4 is 4.74 Å². The number of hydrogen-bond donors (Lipinski definition) is 1. The highest BCUT2D eigenvalue weighted by molar-refractivity contribution is 5.38. The summed E-state index contributed by atoms with van der Waals surface area (Å²) < 4.78 is 7.21. The van der Waals surface area contributed by atoms with Crippen LogP contribution in [-0.4, -0.2) is 20.1 Å². The lowest BCUT2D eigenvalue weighted by atomic mass is 10.1. The highest BCUT2D eigenvalue weighted by atomic mass is 16.5. The van der Waals surface area contributed by atoms with E-state index in [-0.39, 0.29) is 19.8 Å². The predicted octanol–water partition coefficient (Wildman–Crippen LogP) is 1.49. The quantitative estimate of drug-likeness (QED) is 0.891. The smallest absolute Gasteiger partial charge is 0.132 e. The summed E-state index contributed by atoms with van der Waals surface area (Å²) in [6.07, 6.45) is 0. The molecule has 0 aliphatic carbocycles. The number of benzene rings is 1. The van der Waals surface area contributed by atoms with E-state index in [0.717, 1.165) is 16.9 Å². The molecule has 0 spiro atoms. The van der Waals surface area contributed by atoms with Gasteiger partial charge in [0.15, 0.2) is 0 Å². The zero-order valence-corrected chi connectivity index (χ0v) is 11.5. The second-order valence-electron chi connectivity index (χ2n) is 4.44. The van der Waals surface area contributed by atoms with Crippen molar-refractivity contribution in [2.75, 3.05) is 0 Å². The fourth-order valence-electron chi connectivity index (χ4n) is 1.87. The van der Waals surface area contributed by atoms with Crippen molar-refractivity contribution in [3.63, 3.8) is 0 Å². The van der Waals surface area contributed by atoms with E-state index in [9.17, 15) is 5.11 Å². The molecule has 1 aromatic carbocycles. The van der Waals surface area contributed by atoms with Crippen molar-refractivity contribution >= 4 is 0 Å². The first-order valence-electron chi connectivity index (χ1n) is 6.25. The highest BCUT2D eigenvalue weighted by Gasteiger charge is 2.13. The number of aliphatic hydroxyl groups is 1. The van der Waals surface area contributed by atoms with Crippen LogP contribution in [0.15, 0.2) is 18.2 Å². The molecular formula is C14H16N4O2. The Morgan fingerprint density at radius 2 is 2.20 bits per heavy atom. The van der Waals surface area contributed by atoms with Gasteiger partial charge in [0.25, 0.3) is 0 Å². The minimum absolute atomic E-state index is 0.0818. The molecule has 1 heterocycles.